The van der Waals surface area contributed by atoms with Crippen molar-refractivity contribution in [1.82, 2.24) is 19.7 Å². The zero-order chi connectivity index (χ0) is 20.5. The number of aromatic nitrogens is 4. The maximum Gasteiger partial charge on any atom is 0.420 e. The number of hydrogen-bond acceptors (Lipinski definition) is 4. The molecule has 0 fully saturated rings. The zero-order valence-corrected chi connectivity index (χ0v) is 17.5. The lowest BCUT2D eigenvalue weighted by atomic mass is 10.1. The topological polar surface area (TPSA) is 52.8 Å². The quantitative estimate of drug-likeness (QED) is 0.296. The number of benzene rings is 1. The van der Waals surface area contributed by atoms with E-state index in [2.05, 4.69) is 34.7 Å². The molecule has 0 amide bonds. The number of rotatable bonds is 6. The van der Waals surface area contributed by atoms with Crippen molar-refractivity contribution in [2.45, 2.75) is 38.6 Å². The molecule has 0 aliphatic rings. The molecule has 0 aliphatic heterocycles. The fraction of sp³-hybridized carbons (Fsp3) is 0.389. The van der Waals surface area contributed by atoms with Crippen molar-refractivity contribution < 1.29 is 17.9 Å². The third-order valence-electron chi connectivity index (χ3n) is 4.16. The van der Waals surface area contributed by atoms with Crippen LogP contribution in [-0.4, -0.2) is 34.4 Å². The average Bonchev–Trinajstić information content (AvgIpc) is 2.95. The molecule has 0 aliphatic carbocycles. The van der Waals surface area contributed by atoms with Gasteiger partial charge in [-0.1, -0.05) is 37.8 Å². The van der Waals surface area contributed by atoms with Gasteiger partial charge >= 0.3 is 6.18 Å². The first-order valence-electron chi connectivity index (χ1n) is 8.70. The van der Waals surface area contributed by atoms with Crippen LogP contribution in [0.2, 0.25) is 31.0 Å². The lowest BCUT2D eigenvalue weighted by Crippen LogP contribution is -2.22. The fourth-order valence-electron chi connectivity index (χ4n) is 2.68. The number of hydrogen-bond donors (Lipinski definition) is 0. The van der Waals surface area contributed by atoms with Gasteiger partial charge in [-0.3, -0.25) is 0 Å². The molecule has 0 saturated heterocycles. The third kappa shape index (κ3) is 4.71. The Labute approximate surface area is 166 Å². The molecule has 0 radical (unpaired) electrons. The Morgan fingerprint density at radius 1 is 1.14 bits per heavy atom. The maximum atomic E-state index is 13.5. The summed E-state index contributed by atoms with van der Waals surface area (Å²) in [7, 11) is -1.24. The van der Waals surface area contributed by atoms with Gasteiger partial charge in [-0.2, -0.15) is 18.3 Å². The van der Waals surface area contributed by atoms with Crippen LogP contribution in [0.15, 0.2) is 30.5 Å². The molecule has 0 saturated carbocycles. The summed E-state index contributed by atoms with van der Waals surface area (Å²) in [4.78, 5) is 7.31. The molecular weight excluding hydrogens is 409 g/mol. The van der Waals surface area contributed by atoms with Crippen molar-refractivity contribution in [3.63, 3.8) is 0 Å². The van der Waals surface area contributed by atoms with Crippen LogP contribution in [0.25, 0.3) is 22.3 Å². The van der Waals surface area contributed by atoms with Gasteiger partial charge in [0.25, 0.3) is 0 Å². The van der Waals surface area contributed by atoms with Gasteiger partial charge in [0.05, 0.1) is 5.52 Å². The molecule has 0 unspecified atom stereocenters. The molecule has 0 N–H and O–H groups in total. The van der Waals surface area contributed by atoms with Gasteiger partial charge < -0.3 is 4.74 Å². The number of para-hydroxylation sites is 1. The number of halogens is 4. The number of alkyl halides is 3. The van der Waals surface area contributed by atoms with E-state index in [4.69, 9.17) is 16.3 Å². The predicted molar refractivity (Wildman–Crippen MR) is 105 cm³/mol. The highest BCUT2D eigenvalue weighted by atomic mass is 35.5. The summed E-state index contributed by atoms with van der Waals surface area (Å²) in [6.45, 7) is 7.46. The third-order valence-corrected chi connectivity index (χ3v) is 6.04. The van der Waals surface area contributed by atoms with Crippen molar-refractivity contribution in [1.29, 1.82) is 0 Å². The van der Waals surface area contributed by atoms with Gasteiger partial charge in [-0.05, 0) is 23.7 Å². The minimum atomic E-state index is -4.63. The Morgan fingerprint density at radius 3 is 2.54 bits per heavy atom. The first kappa shape index (κ1) is 20.8. The molecule has 0 atom stereocenters. The molecule has 5 nitrogen and oxygen atoms in total. The van der Waals surface area contributed by atoms with Crippen LogP contribution in [0, 0.1) is 0 Å². The number of ether oxygens (including phenoxy) is 1. The largest absolute Gasteiger partial charge is 0.420 e. The average molecular weight is 429 g/mol. The van der Waals surface area contributed by atoms with Crippen LogP contribution in [0.1, 0.15) is 5.56 Å². The molecule has 0 spiro atoms. The lowest BCUT2D eigenvalue weighted by Gasteiger charge is -2.15. The second kappa shape index (κ2) is 7.80. The Kier molecular flexibility index (Phi) is 5.78. The van der Waals surface area contributed by atoms with Crippen molar-refractivity contribution in [3.8, 4) is 11.4 Å². The van der Waals surface area contributed by atoms with E-state index in [-0.39, 0.29) is 23.4 Å². The Balaban J connectivity index is 2.01. The molecule has 2 heterocycles. The maximum absolute atomic E-state index is 13.5. The summed E-state index contributed by atoms with van der Waals surface area (Å²) in [6.07, 6.45) is -3.94. The molecule has 2 aromatic heterocycles. The molecule has 28 heavy (non-hydrogen) atoms. The standard InChI is InChI=1S/C18H20ClF3N4OSi/c1-28(2,3)9-8-27-11-26-14-7-5-4-6-12(14)15(25-26)16-13(18(20,21)22)10-23-17(19)24-16/h4-7,10H,8-9,11H2,1-3H3. The van der Waals surface area contributed by atoms with Crippen LogP contribution in [-0.2, 0) is 17.6 Å². The zero-order valence-electron chi connectivity index (χ0n) is 15.7. The van der Waals surface area contributed by atoms with Crippen molar-refractivity contribution >= 4 is 30.6 Å². The molecule has 3 aromatic rings. The van der Waals surface area contributed by atoms with Crippen molar-refractivity contribution in [2.75, 3.05) is 6.61 Å². The van der Waals surface area contributed by atoms with Gasteiger partial charge in [-0.25, -0.2) is 14.6 Å². The van der Waals surface area contributed by atoms with E-state index in [1.54, 1.807) is 28.9 Å². The van der Waals surface area contributed by atoms with Gasteiger partial charge in [-0.15, -0.1) is 0 Å². The Bertz CT molecular complexity index is 985. The van der Waals surface area contributed by atoms with E-state index in [0.29, 0.717) is 23.7 Å². The van der Waals surface area contributed by atoms with Crippen molar-refractivity contribution in [2.24, 2.45) is 0 Å². The minimum Gasteiger partial charge on any atom is -0.360 e. The molecule has 150 valence electrons. The van der Waals surface area contributed by atoms with E-state index >= 15 is 0 Å². The van der Waals surface area contributed by atoms with Crippen LogP contribution in [0.3, 0.4) is 0 Å². The monoisotopic (exact) mass is 428 g/mol. The van der Waals surface area contributed by atoms with Crippen molar-refractivity contribution in [3.05, 3.63) is 41.3 Å². The first-order valence-corrected chi connectivity index (χ1v) is 12.8. The highest BCUT2D eigenvalue weighted by molar-refractivity contribution is 6.76. The second-order valence-corrected chi connectivity index (χ2v) is 13.6. The molecule has 1 aromatic carbocycles. The second-order valence-electron chi connectivity index (χ2n) is 7.61. The number of fused-ring (bicyclic) bond motifs is 1. The summed E-state index contributed by atoms with van der Waals surface area (Å²) >= 11 is 5.77. The van der Waals surface area contributed by atoms with Gasteiger partial charge in [0.15, 0.2) is 0 Å². The smallest absolute Gasteiger partial charge is 0.360 e. The summed E-state index contributed by atoms with van der Waals surface area (Å²) in [6, 6.07) is 8.00. The van der Waals surface area contributed by atoms with E-state index in [0.717, 1.165) is 6.04 Å². The normalized spacial score (nSPS) is 12.7. The molecule has 3 rings (SSSR count). The van der Waals surface area contributed by atoms with E-state index < -0.39 is 19.8 Å². The summed E-state index contributed by atoms with van der Waals surface area (Å²) < 4.78 is 47.6. The van der Waals surface area contributed by atoms with Gasteiger partial charge in [0.2, 0.25) is 5.28 Å². The predicted octanol–water partition coefficient (Wildman–Crippen LogP) is 5.48. The Morgan fingerprint density at radius 2 is 1.86 bits per heavy atom. The summed E-state index contributed by atoms with van der Waals surface area (Å²) in [5.41, 5.74) is -0.564. The van der Waals surface area contributed by atoms with Crippen LogP contribution >= 0.6 is 11.6 Å². The minimum absolute atomic E-state index is 0.0982. The van der Waals surface area contributed by atoms with E-state index in [9.17, 15) is 13.2 Å². The fourth-order valence-corrected chi connectivity index (χ4v) is 3.57. The highest BCUT2D eigenvalue weighted by Gasteiger charge is 2.36. The Hall–Kier alpha value is -1.97. The molecular formula is C18H20ClF3N4OSi. The summed E-state index contributed by atoms with van der Waals surface area (Å²) in [5, 5.41) is 4.63. The van der Waals surface area contributed by atoms with Crippen LogP contribution < -0.4 is 0 Å². The van der Waals surface area contributed by atoms with Crippen LogP contribution in [0.4, 0.5) is 13.2 Å². The van der Waals surface area contributed by atoms with Gasteiger partial charge in [0.1, 0.15) is 23.7 Å². The number of nitrogens with zero attached hydrogens (tertiary/aromatic N) is 4. The van der Waals surface area contributed by atoms with Gasteiger partial charge in [0, 0.05) is 26.3 Å². The molecule has 0 bridgehead atoms. The lowest BCUT2D eigenvalue weighted by molar-refractivity contribution is -0.137. The van der Waals surface area contributed by atoms with E-state index in [1.807, 2.05) is 0 Å². The SMILES string of the molecule is C[Si](C)(C)CCOCn1nc(-c2nc(Cl)ncc2C(F)(F)F)c2ccccc21. The highest BCUT2D eigenvalue weighted by Crippen LogP contribution is 2.38. The summed E-state index contributed by atoms with van der Waals surface area (Å²) in [5.74, 6) is 0. The first-order chi connectivity index (χ1) is 13.1. The molecule has 10 heteroatoms. The van der Waals surface area contributed by atoms with E-state index in [1.165, 1.54) is 0 Å². The van der Waals surface area contributed by atoms with Crippen LogP contribution in [0.5, 0.6) is 0 Å².